The van der Waals surface area contributed by atoms with Gasteiger partial charge in [0.2, 0.25) is 0 Å². The maximum absolute atomic E-state index is 12.2. The van der Waals surface area contributed by atoms with E-state index in [2.05, 4.69) is 5.32 Å². The third-order valence-corrected chi connectivity index (χ3v) is 4.43. The van der Waals surface area contributed by atoms with Gasteiger partial charge < -0.3 is 14.5 Å². The van der Waals surface area contributed by atoms with E-state index >= 15 is 0 Å². The molecule has 0 bridgehead atoms. The van der Waals surface area contributed by atoms with Gasteiger partial charge in [0.1, 0.15) is 5.76 Å². The molecule has 0 radical (unpaired) electrons. The Hall–Kier alpha value is -2.87. The maximum atomic E-state index is 12.2. The molecular formula is C22H18INO4. The molecule has 1 N–H and O–H groups in total. The normalized spacial score (nSPS) is 10.8. The molecule has 1 amide bonds. The lowest BCUT2D eigenvalue weighted by atomic mass is 10.0. The van der Waals surface area contributed by atoms with Gasteiger partial charge in [0.15, 0.2) is 10.4 Å². The van der Waals surface area contributed by atoms with E-state index in [1.807, 2.05) is 77.2 Å². The first kappa shape index (κ1) is 19.9. The van der Waals surface area contributed by atoms with Crippen LogP contribution in [-0.4, -0.2) is 18.5 Å². The van der Waals surface area contributed by atoms with E-state index < -0.39 is 11.9 Å². The van der Waals surface area contributed by atoms with Crippen molar-refractivity contribution in [3.8, 4) is 0 Å². The number of carbonyl (C=O) groups is 2. The highest BCUT2D eigenvalue weighted by Crippen LogP contribution is 2.19. The van der Waals surface area contributed by atoms with Crippen molar-refractivity contribution in [2.45, 2.75) is 6.42 Å². The van der Waals surface area contributed by atoms with E-state index in [9.17, 15) is 9.59 Å². The molecule has 0 spiro atoms. The number of furan rings is 1. The second-order valence-electron chi connectivity index (χ2n) is 5.95. The molecule has 28 heavy (non-hydrogen) atoms. The number of esters is 1. The number of rotatable bonds is 7. The molecule has 5 nitrogen and oxygen atoms in total. The van der Waals surface area contributed by atoms with Crippen molar-refractivity contribution in [3.63, 3.8) is 0 Å². The molecule has 0 fully saturated rings. The second-order valence-corrected chi connectivity index (χ2v) is 7.01. The molecule has 0 saturated carbocycles. The molecule has 0 aliphatic carbocycles. The number of hydrogen-bond donors (Lipinski definition) is 1. The first-order chi connectivity index (χ1) is 13.6. The number of amides is 1. The Morgan fingerprint density at radius 1 is 1.00 bits per heavy atom. The number of halogens is 1. The molecular weight excluding hydrogens is 469 g/mol. The van der Waals surface area contributed by atoms with Crippen LogP contribution in [0.4, 0.5) is 5.69 Å². The molecule has 0 aliphatic rings. The van der Waals surface area contributed by atoms with Crippen LogP contribution in [0.2, 0.25) is 0 Å². The molecule has 0 unspecified atom stereocenters. The molecule has 142 valence electrons. The first-order valence-electron chi connectivity index (χ1n) is 8.62. The van der Waals surface area contributed by atoms with Crippen LogP contribution in [0.5, 0.6) is 0 Å². The number of benzene rings is 2. The zero-order chi connectivity index (χ0) is 19.8. The SMILES string of the molecule is O=C(COC(=O)/C=C/c1ccc(I)o1)Nc1ccccc1Cc1ccccc1. The smallest absolute Gasteiger partial charge is 0.331 e. The van der Waals surface area contributed by atoms with E-state index in [1.165, 1.54) is 12.2 Å². The van der Waals surface area contributed by atoms with Gasteiger partial charge in [-0.05, 0) is 64.4 Å². The van der Waals surface area contributed by atoms with Crippen molar-refractivity contribution in [1.82, 2.24) is 0 Å². The van der Waals surface area contributed by atoms with Gasteiger partial charge in [-0.3, -0.25) is 4.79 Å². The number of ether oxygens (including phenoxy) is 1. The summed E-state index contributed by atoms with van der Waals surface area (Å²) in [6.07, 6.45) is 3.42. The van der Waals surface area contributed by atoms with Crippen molar-refractivity contribution < 1.29 is 18.7 Å². The summed E-state index contributed by atoms with van der Waals surface area (Å²) in [4.78, 5) is 23.9. The summed E-state index contributed by atoms with van der Waals surface area (Å²) in [7, 11) is 0. The van der Waals surface area contributed by atoms with Crippen LogP contribution >= 0.6 is 22.6 Å². The van der Waals surface area contributed by atoms with Crippen molar-refractivity contribution in [2.75, 3.05) is 11.9 Å². The lowest BCUT2D eigenvalue weighted by molar-refractivity contribution is -0.142. The minimum Gasteiger partial charge on any atom is -0.452 e. The molecule has 0 saturated heterocycles. The van der Waals surface area contributed by atoms with Gasteiger partial charge in [0.25, 0.3) is 5.91 Å². The van der Waals surface area contributed by atoms with E-state index in [4.69, 9.17) is 9.15 Å². The fourth-order valence-electron chi connectivity index (χ4n) is 2.55. The number of nitrogens with one attached hydrogen (secondary N) is 1. The van der Waals surface area contributed by atoms with Gasteiger partial charge in [-0.2, -0.15) is 0 Å². The number of anilines is 1. The summed E-state index contributed by atoms with van der Waals surface area (Å²) in [5.74, 6) is -0.463. The average molecular weight is 487 g/mol. The minimum atomic E-state index is -0.612. The first-order valence-corrected chi connectivity index (χ1v) is 9.70. The van der Waals surface area contributed by atoms with Gasteiger partial charge in [-0.1, -0.05) is 48.5 Å². The van der Waals surface area contributed by atoms with Crippen molar-refractivity contribution in [3.05, 3.63) is 93.5 Å². The van der Waals surface area contributed by atoms with Crippen LogP contribution in [0.1, 0.15) is 16.9 Å². The van der Waals surface area contributed by atoms with Crippen molar-refractivity contribution in [1.29, 1.82) is 0 Å². The zero-order valence-electron chi connectivity index (χ0n) is 14.9. The fourth-order valence-corrected chi connectivity index (χ4v) is 2.99. The Kier molecular flexibility index (Phi) is 7.02. The molecule has 2 aromatic carbocycles. The van der Waals surface area contributed by atoms with Crippen LogP contribution in [0.15, 0.2) is 77.2 Å². The maximum Gasteiger partial charge on any atom is 0.331 e. The Balaban J connectivity index is 1.53. The van der Waals surface area contributed by atoms with Crippen molar-refractivity contribution in [2.24, 2.45) is 0 Å². The summed E-state index contributed by atoms with van der Waals surface area (Å²) < 4.78 is 11.0. The van der Waals surface area contributed by atoms with Gasteiger partial charge in [-0.15, -0.1) is 0 Å². The summed E-state index contributed by atoms with van der Waals surface area (Å²) >= 11 is 2.03. The molecule has 1 heterocycles. The molecule has 3 aromatic rings. The molecule has 0 aliphatic heterocycles. The van der Waals surface area contributed by atoms with E-state index in [-0.39, 0.29) is 6.61 Å². The number of para-hydroxylation sites is 1. The summed E-state index contributed by atoms with van der Waals surface area (Å²) in [5.41, 5.74) is 2.84. The Morgan fingerprint density at radius 2 is 1.75 bits per heavy atom. The highest BCUT2D eigenvalue weighted by atomic mass is 127. The van der Waals surface area contributed by atoms with Crippen LogP contribution in [0, 0.1) is 3.77 Å². The highest BCUT2D eigenvalue weighted by Gasteiger charge is 2.09. The Labute approximate surface area is 176 Å². The number of hydrogen-bond acceptors (Lipinski definition) is 4. The lowest BCUT2D eigenvalue weighted by Gasteiger charge is -2.11. The van der Waals surface area contributed by atoms with Gasteiger partial charge in [0, 0.05) is 11.8 Å². The van der Waals surface area contributed by atoms with E-state index in [1.54, 1.807) is 12.1 Å². The quantitative estimate of drug-likeness (QED) is 0.299. The topological polar surface area (TPSA) is 68.5 Å². The van der Waals surface area contributed by atoms with Gasteiger partial charge in [0.05, 0.1) is 0 Å². The summed E-state index contributed by atoms with van der Waals surface area (Å²) in [6.45, 7) is -0.363. The molecule has 1 aromatic heterocycles. The van der Waals surface area contributed by atoms with Crippen LogP contribution < -0.4 is 5.32 Å². The largest absolute Gasteiger partial charge is 0.452 e. The fraction of sp³-hybridized carbons (Fsp3) is 0.0909. The minimum absolute atomic E-state index is 0.363. The van der Waals surface area contributed by atoms with Crippen LogP contribution in [0.3, 0.4) is 0 Å². The van der Waals surface area contributed by atoms with E-state index in [0.717, 1.165) is 14.9 Å². The Bertz CT molecular complexity index is 979. The lowest BCUT2D eigenvalue weighted by Crippen LogP contribution is -2.20. The predicted molar refractivity (Wildman–Crippen MR) is 116 cm³/mol. The predicted octanol–water partition coefficient (Wildman–Crippen LogP) is 4.67. The number of carbonyl (C=O) groups excluding carboxylic acids is 2. The van der Waals surface area contributed by atoms with Gasteiger partial charge >= 0.3 is 5.97 Å². The van der Waals surface area contributed by atoms with Gasteiger partial charge in [-0.25, -0.2) is 4.79 Å². The van der Waals surface area contributed by atoms with Crippen LogP contribution in [-0.2, 0) is 20.7 Å². The van der Waals surface area contributed by atoms with E-state index in [0.29, 0.717) is 17.9 Å². The average Bonchev–Trinajstić information content (AvgIpc) is 3.12. The standard InChI is InChI=1S/C22H18INO4/c23-20-12-10-18(28-20)11-13-22(26)27-15-21(25)24-19-9-5-4-8-17(19)14-16-6-2-1-3-7-16/h1-13H,14-15H2,(H,24,25)/b13-11+. The third kappa shape index (κ3) is 6.09. The third-order valence-electron chi connectivity index (χ3n) is 3.85. The Morgan fingerprint density at radius 3 is 2.50 bits per heavy atom. The molecule has 6 heteroatoms. The summed E-state index contributed by atoms with van der Waals surface area (Å²) in [6, 6.07) is 21.1. The highest BCUT2D eigenvalue weighted by molar-refractivity contribution is 14.1. The summed E-state index contributed by atoms with van der Waals surface area (Å²) in [5, 5.41) is 2.80. The monoisotopic (exact) mass is 487 g/mol. The van der Waals surface area contributed by atoms with Crippen molar-refractivity contribution >= 4 is 46.2 Å². The second kappa shape index (κ2) is 9.89. The molecule has 0 atom stereocenters. The zero-order valence-corrected chi connectivity index (χ0v) is 17.1. The molecule has 3 rings (SSSR count). The van der Waals surface area contributed by atoms with Crippen LogP contribution in [0.25, 0.3) is 6.08 Å².